The lowest BCUT2D eigenvalue weighted by Crippen LogP contribution is -2.49. The minimum atomic E-state index is -3.57. The number of benzene rings is 1. The Hall–Kier alpha value is -2.57. The highest BCUT2D eigenvalue weighted by atomic mass is 32.2. The third-order valence-electron chi connectivity index (χ3n) is 6.57. The predicted octanol–water partition coefficient (Wildman–Crippen LogP) is 2.90. The summed E-state index contributed by atoms with van der Waals surface area (Å²) in [6.45, 7) is 10.2. The quantitative estimate of drug-likeness (QED) is 0.458. The van der Waals surface area contributed by atoms with Gasteiger partial charge in [-0.2, -0.15) is 0 Å². The van der Waals surface area contributed by atoms with Gasteiger partial charge in [0.15, 0.2) is 0 Å². The third kappa shape index (κ3) is 10.5. The van der Waals surface area contributed by atoms with Gasteiger partial charge in [-0.3, -0.25) is 9.52 Å². The minimum absolute atomic E-state index is 0.00726. The molecule has 222 valence electrons. The summed E-state index contributed by atoms with van der Waals surface area (Å²) in [4.78, 5) is 29.7. The van der Waals surface area contributed by atoms with Gasteiger partial charge in [-0.15, -0.1) is 0 Å². The average molecular weight is 571 g/mol. The summed E-state index contributed by atoms with van der Waals surface area (Å²) < 4.78 is 38.5. The van der Waals surface area contributed by atoms with Crippen molar-refractivity contribution in [3.63, 3.8) is 0 Å². The van der Waals surface area contributed by atoms with Crippen LogP contribution in [0.1, 0.15) is 64.2 Å². The number of anilines is 1. The van der Waals surface area contributed by atoms with E-state index in [1.165, 1.54) is 6.07 Å². The van der Waals surface area contributed by atoms with Crippen molar-refractivity contribution in [2.24, 2.45) is 5.92 Å². The first kappa shape index (κ1) is 32.6. The summed E-state index contributed by atoms with van der Waals surface area (Å²) in [6.07, 6.45) is 2.87. The van der Waals surface area contributed by atoms with Crippen molar-refractivity contribution in [2.75, 3.05) is 44.3 Å². The fourth-order valence-corrected chi connectivity index (χ4v) is 4.93. The smallest absolute Gasteiger partial charge is 0.317 e. The number of rotatable bonds is 7. The van der Waals surface area contributed by atoms with Crippen molar-refractivity contribution in [3.05, 3.63) is 23.8 Å². The first-order valence-electron chi connectivity index (χ1n) is 13.5. The lowest BCUT2D eigenvalue weighted by molar-refractivity contribution is -0.0122. The Labute approximate surface area is 233 Å². The van der Waals surface area contributed by atoms with Crippen LogP contribution in [-0.4, -0.2) is 99.2 Å². The van der Waals surface area contributed by atoms with Crippen LogP contribution in [0, 0.1) is 5.92 Å². The maximum Gasteiger partial charge on any atom is 0.317 e. The number of ether oxygens (including phenoxy) is 2. The highest BCUT2D eigenvalue weighted by Gasteiger charge is 2.31. The number of hydrogen-bond acceptors (Lipinski definition) is 7. The van der Waals surface area contributed by atoms with Gasteiger partial charge in [-0.1, -0.05) is 6.92 Å². The van der Waals surface area contributed by atoms with Crippen LogP contribution >= 0.6 is 0 Å². The van der Waals surface area contributed by atoms with Crippen LogP contribution in [0.5, 0.6) is 5.75 Å². The van der Waals surface area contributed by atoms with Crippen molar-refractivity contribution < 1.29 is 32.6 Å². The lowest BCUT2D eigenvalue weighted by Gasteiger charge is -2.36. The summed E-state index contributed by atoms with van der Waals surface area (Å²) in [5.41, 5.74) is 0.441. The summed E-state index contributed by atoms with van der Waals surface area (Å²) in [6, 6.07) is 3.88. The molecule has 1 aromatic rings. The van der Waals surface area contributed by atoms with Crippen LogP contribution in [0.4, 0.5) is 10.5 Å². The number of sulfonamides is 1. The van der Waals surface area contributed by atoms with Gasteiger partial charge in [-0.05, 0) is 65.2 Å². The molecule has 0 saturated heterocycles. The van der Waals surface area contributed by atoms with Crippen LogP contribution in [0.25, 0.3) is 0 Å². The summed E-state index contributed by atoms with van der Waals surface area (Å²) >= 11 is 0. The molecule has 0 bridgehead atoms. The summed E-state index contributed by atoms with van der Waals surface area (Å²) in [5.74, 6) is -0.241. The molecular weight excluding hydrogens is 524 g/mol. The van der Waals surface area contributed by atoms with E-state index < -0.39 is 22.0 Å². The van der Waals surface area contributed by atoms with Crippen molar-refractivity contribution in [2.45, 2.75) is 78.2 Å². The van der Waals surface area contributed by atoms with E-state index >= 15 is 0 Å². The van der Waals surface area contributed by atoms with Crippen molar-refractivity contribution in [1.82, 2.24) is 15.1 Å². The van der Waals surface area contributed by atoms with E-state index in [4.69, 9.17) is 9.47 Å². The SMILES string of the molecule is CC(C)NC(=O)N(C)C[C@@H]1OCCCC[C@H](C)Oc2ccc(NS(C)(=O)=O)cc2C(=O)N([C@H](C)CO)C[C@@H]1C. The molecule has 0 unspecified atom stereocenters. The topological polar surface area (TPSA) is 138 Å². The van der Waals surface area contributed by atoms with E-state index in [2.05, 4.69) is 10.0 Å². The van der Waals surface area contributed by atoms with E-state index in [1.807, 2.05) is 27.7 Å². The molecule has 11 nitrogen and oxygen atoms in total. The first-order chi connectivity index (χ1) is 18.2. The number of hydrogen-bond donors (Lipinski definition) is 3. The van der Waals surface area contributed by atoms with Crippen LogP contribution in [0.2, 0.25) is 0 Å². The number of nitrogens with zero attached hydrogens (tertiary/aromatic N) is 2. The zero-order valence-corrected chi connectivity index (χ0v) is 25.1. The number of amides is 3. The van der Waals surface area contributed by atoms with Crippen LogP contribution in [0.15, 0.2) is 18.2 Å². The Morgan fingerprint density at radius 2 is 1.92 bits per heavy atom. The molecule has 3 amide bonds. The highest BCUT2D eigenvalue weighted by Crippen LogP contribution is 2.28. The Morgan fingerprint density at radius 3 is 2.54 bits per heavy atom. The normalized spacial score (nSPS) is 22.3. The molecule has 1 aliphatic heterocycles. The zero-order valence-electron chi connectivity index (χ0n) is 24.3. The predicted molar refractivity (Wildman–Crippen MR) is 152 cm³/mol. The van der Waals surface area contributed by atoms with Crippen LogP contribution in [0.3, 0.4) is 0 Å². The molecule has 1 heterocycles. The van der Waals surface area contributed by atoms with E-state index in [0.29, 0.717) is 18.9 Å². The average Bonchev–Trinajstić information content (AvgIpc) is 2.84. The summed E-state index contributed by atoms with van der Waals surface area (Å²) in [5, 5.41) is 12.9. The van der Waals surface area contributed by atoms with Gasteiger partial charge in [0.05, 0.1) is 36.7 Å². The fraction of sp³-hybridized carbons (Fsp3) is 0.704. The first-order valence-corrected chi connectivity index (χ1v) is 15.4. The Morgan fingerprint density at radius 1 is 1.23 bits per heavy atom. The Balaban J connectivity index is 2.46. The molecule has 0 fully saturated rings. The number of nitrogens with one attached hydrogen (secondary N) is 2. The summed E-state index contributed by atoms with van der Waals surface area (Å²) in [7, 11) is -1.86. The standard InChI is InChI=1S/C27H46N4O7S/c1-18(2)28-27(34)30(6)16-25-19(3)15-31(20(4)17-32)26(33)23-14-22(29-39(7,35)36)11-12-24(23)38-21(5)10-8-9-13-37-25/h11-12,14,18-21,25,29,32H,8-10,13,15-17H2,1-7H3,(H,28,34)/t19-,20+,21-,25-/m0/s1. The number of aliphatic hydroxyl groups excluding tert-OH is 1. The van der Waals surface area contributed by atoms with Crippen molar-refractivity contribution >= 4 is 27.6 Å². The molecule has 0 aliphatic carbocycles. The maximum absolute atomic E-state index is 14.0. The number of carbonyl (C=O) groups is 2. The molecule has 1 aliphatic rings. The lowest BCUT2D eigenvalue weighted by atomic mass is 10.0. The molecule has 12 heteroatoms. The highest BCUT2D eigenvalue weighted by molar-refractivity contribution is 7.92. The number of carbonyl (C=O) groups excluding carboxylic acids is 2. The van der Waals surface area contributed by atoms with Gasteiger partial charge >= 0.3 is 6.03 Å². The molecule has 0 radical (unpaired) electrons. The monoisotopic (exact) mass is 570 g/mol. The van der Waals surface area contributed by atoms with Crippen LogP contribution < -0.4 is 14.8 Å². The molecule has 4 atom stereocenters. The van der Waals surface area contributed by atoms with E-state index in [1.54, 1.807) is 35.9 Å². The van der Waals surface area contributed by atoms with Gasteiger partial charge in [0.1, 0.15) is 5.75 Å². The number of aliphatic hydroxyl groups is 1. The number of fused-ring (bicyclic) bond motifs is 1. The second-order valence-corrected chi connectivity index (χ2v) is 12.6. The van der Waals surface area contributed by atoms with Crippen molar-refractivity contribution in [1.29, 1.82) is 0 Å². The third-order valence-corrected chi connectivity index (χ3v) is 7.17. The fourth-order valence-electron chi connectivity index (χ4n) is 4.37. The van der Waals surface area contributed by atoms with E-state index in [0.717, 1.165) is 25.5 Å². The largest absolute Gasteiger partial charge is 0.490 e. The molecule has 1 aromatic carbocycles. The van der Waals surface area contributed by atoms with Crippen molar-refractivity contribution in [3.8, 4) is 5.75 Å². The zero-order chi connectivity index (χ0) is 29.3. The number of urea groups is 1. The van der Waals surface area contributed by atoms with Gasteiger partial charge < -0.3 is 29.7 Å². The molecule has 3 N–H and O–H groups in total. The number of likely N-dealkylation sites (N-methyl/N-ethyl adjacent to an activating group) is 1. The van der Waals surface area contributed by atoms with E-state index in [-0.39, 0.29) is 54.6 Å². The maximum atomic E-state index is 14.0. The van der Waals surface area contributed by atoms with E-state index in [9.17, 15) is 23.1 Å². The Bertz CT molecular complexity index is 1070. The molecular formula is C27H46N4O7S. The Kier molecular flexibility index (Phi) is 12.3. The minimum Gasteiger partial charge on any atom is -0.490 e. The van der Waals surface area contributed by atoms with Gasteiger partial charge in [0, 0.05) is 44.4 Å². The molecule has 0 saturated carbocycles. The second kappa shape index (κ2) is 14.7. The molecule has 0 aromatic heterocycles. The van der Waals surface area contributed by atoms with Gasteiger partial charge in [0.25, 0.3) is 5.91 Å². The second-order valence-electron chi connectivity index (χ2n) is 10.9. The molecule has 39 heavy (non-hydrogen) atoms. The molecule has 0 spiro atoms. The van der Waals surface area contributed by atoms with Gasteiger partial charge in [0.2, 0.25) is 10.0 Å². The molecule has 2 rings (SSSR count). The van der Waals surface area contributed by atoms with Gasteiger partial charge in [-0.25, -0.2) is 13.2 Å². The van der Waals surface area contributed by atoms with Crippen LogP contribution in [-0.2, 0) is 14.8 Å².